The molecule has 15 heteroatoms. The van der Waals surface area contributed by atoms with E-state index in [0.717, 1.165) is 81.2 Å². The fraction of sp³-hybridized carbons (Fsp3) is 0.286. The summed E-state index contributed by atoms with van der Waals surface area (Å²) in [5, 5.41) is 5.74. The smallest absolute Gasteiger partial charge is 0.255 e. The molecule has 5 heterocycles. The Morgan fingerprint density at radius 2 is 1.65 bits per heavy atom. The Labute approximate surface area is 332 Å². The lowest BCUT2D eigenvalue weighted by Crippen LogP contribution is -2.53. The van der Waals surface area contributed by atoms with Gasteiger partial charge in [0, 0.05) is 86.8 Å². The van der Waals surface area contributed by atoms with Gasteiger partial charge in [-0.2, -0.15) is 0 Å². The number of piperazine rings is 1. The Hall–Kier alpha value is -5.77. The highest BCUT2D eigenvalue weighted by Crippen LogP contribution is 2.37. The minimum atomic E-state index is -0.912. The number of piperidine rings is 1. The van der Waals surface area contributed by atoms with E-state index >= 15 is 0 Å². The van der Waals surface area contributed by atoms with Gasteiger partial charge in [-0.25, -0.2) is 32.2 Å². The number of aryl methyl sites for hydroxylation is 1. The van der Waals surface area contributed by atoms with Crippen LogP contribution in [0.25, 0.3) is 28.3 Å². The third kappa shape index (κ3) is 7.95. The fourth-order valence-electron chi connectivity index (χ4n) is 7.81. The van der Waals surface area contributed by atoms with Crippen LogP contribution in [-0.4, -0.2) is 97.3 Å². The third-order valence-electron chi connectivity index (χ3n) is 10.8. The van der Waals surface area contributed by atoms with Crippen molar-refractivity contribution in [1.29, 1.82) is 0 Å². The number of carbonyl (C=O) groups excluding carboxylic acids is 1. The van der Waals surface area contributed by atoms with Gasteiger partial charge in [-0.1, -0.05) is 24.3 Å². The van der Waals surface area contributed by atoms with Crippen LogP contribution < -0.4 is 20.3 Å². The number of nitrogens with one attached hydrogen (secondary N) is 2. The number of ether oxygens (including phenoxy) is 1. The highest BCUT2D eigenvalue weighted by molar-refractivity contribution is 7.81. The normalized spacial score (nSPS) is 16.1. The van der Waals surface area contributed by atoms with Crippen LogP contribution in [0.5, 0.6) is 5.75 Å². The molecule has 3 aromatic heterocycles. The molecule has 0 aliphatic carbocycles. The predicted octanol–water partition coefficient (Wildman–Crippen LogP) is 6.93. The Morgan fingerprint density at radius 1 is 0.895 bits per heavy atom. The van der Waals surface area contributed by atoms with Crippen molar-refractivity contribution in [2.45, 2.75) is 25.8 Å². The van der Waals surface area contributed by atoms with Crippen molar-refractivity contribution in [1.82, 2.24) is 28.6 Å². The molecule has 0 bridgehead atoms. The van der Waals surface area contributed by atoms with Gasteiger partial charge < -0.3 is 20.3 Å². The Balaban J connectivity index is 1.03. The molecule has 2 fully saturated rings. The molecule has 1 amide bonds. The van der Waals surface area contributed by atoms with E-state index in [0.29, 0.717) is 46.0 Å². The highest BCUT2D eigenvalue weighted by atomic mass is 32.2. The van der Waals surface area contributed by atoms with Crippen LogP contribution in [0.4, 0.5) is 31.8 Å². The van der Waals surface area contributed by atoms with Crippen LogP contribution in [0.3, 0.4) is 0 Å². The number of fused-ring (bicyclic) bond motifs is 1. The molecule has 0 radical (unpaired) electrons. The summed E-state index contributed by atoms with van der Waals surface area (Å²) in [4.78, 5) is 32.6. The number of rotatable bonds is 10. The van der Waals surface area contributed by atoms with E-state index < -0.39 is 34.2 Å². The number of para-hydroxylation sites is 1. The van der Waals surface area contributed by atoms with Crippen molar-refractivity contribution >= 4 is 45.6 Å². The summed E-state index contributed by atoms with van der Waals surface area (Å²) in [6.07, 6.45) is 7.44. The number of imidazole rings is 1. The van der Waals surface area contributed by atoms with E-state index in [1.54, 1.807) is 43.8 Å². The topological polar surface area (TPSA) is 120 Å². The number of pyridine rings is 1. The number of benzene rings is 3. The van der Waals surface area contributed by atoms with Crippen molar-refractivity contribution in [2.75, 3.05) is 68.2 Å². The number of hydrogen-bond donors (Lipinski definition) is 2. The first-order chi connectivity index (χ1) is 27.7. The SMILES string of the molecule is COc1cc(N2CCC(N3CCN(S(C)=O)CC3)CC2)c(C)cc1Nc1nccc(-c2c(-c3cccc(C(=O)Nc4c(F)cccc4F)c3)nc3ccccn23)n1. The Bertz CT molecular complexity index is 2440. The number of methoxy groups -OCH3 is 1. The summed E-state index contributed by atoms with van der Waals surface area (Å²) < 4.78 is 50.5. The van der Waals surface area contributed by atoms with Crippen LogP contribution in [0, 0.1) is 18.6 Å². The quantitative estimate of drug-likeness (QED) is 0.152. The Morgan fingerprint density at radius 3 is 2.39 bits per heavy atom. The van der Waals surface area contributed by atoms with Gasteiger partial charge in [0.1, 0.15) is 28.7 Å². The predicted molar refractivity (Wildman–Crippen MR) is 219 cm³/mol. The largest absolute Gasteiger partial charge is 0.494 e. The van der Waals surface area contributed by atoms with Gasteiger partial charge in [-0.15, -0.1) is 0 Å². The van der Waals surface area contributed by atoms with Crippen LogP contribution in [0.1, 0.15) is 28.8 Å². The monoisotopic (exact) mass is 791 g/mol. The summed E-state index contributed by atoms with van der Waals surface area (Å²) in [7, 11) is 0.739. The third-order valence-corrected chi connectivity index (χ3v) is 11.8. The molecule has 1 atom stereocenters. The molecule has 2 aliphatic rings. The number of nitrogens with zero attached hydrogens (tertiary/aromatic N) is 7. The zero-order chi connectivity index (χ0) is 39.6. The van der Waals surface area contributed by atoms with Crippen LogP contribution in [0.15, 0.2) is 91.3 Å². The van der Waals surface area contributed by atoms with Gasteiger partial charge in [-0.05, 0) is 73.9 Å². The fourth-order valence-corrected chi connectivity index (χ4v) is 8.48. The second-order valence-electron chi connectivity index (χ2n) is 14.2. The maximum Gasteiger partial charge on any atom is 0.255 e. The standard InChI is InChI=1S/C42H43F2N9O3S/c1-27-24-34(36(56-2)26-35(27)51-18-14-30(15-19-51)50-20-22-52(23-21-50)57(3)55)47-42-45-16-13-33(46-42)40-38(48-37-12-4-5-17-53(37)40)28-8-6-9-29(25-28)41(54)49-39-31(43)10-7-11-32(39)44/h4-13,16-17,24-26,30H,14-15,18-23H2,1-3H3,(H,49,54)(H,45,46,47). The minimum absolute atomic E-state index is 0.198. The molecule has 8 rings (SSSR count). The number of carbonyl (C=O) groups is 1. The summed E-state index contributed by atoms with van der Waals surface area (Å²) in [6, 6.07) is 22.2. The summed E-state index contributed by atoms with van der Waals surface area (Å²) >= 11 is 0. The maximum atomic E-state index is 14.3. The molecule has 57 heavy (non-hydrogen) atoms. The first kappa shape index (κ1) is 38.1. The number of aromatic nitrogens is 4. The van der Waals surface area contributed by atoms with Crippen molar-refractivity contribution in [3.05, 3.63) is 114 Å². The molecule has 2 saturated heterocycles. The molecule has 0 saturated carbocycles. The van der Waals surface area contributed by atoms with Gasteiger partial charge in [0.25, 0.3) is 5.91 Å². The molecule has 12 nitrogen and oxygen atoms in total. The van der Waals surface area contributed by atoms with Crippen molar-refractivity contribution in [3.8, 4) is 28.4 Å². The van der Waals surface area contributed by atoms with Crippen LogP contribution >= 0.6 is 0 Å². The minimum Gasteiger partial charge on any atom is -0.494 e. The molecular formula is C42H43F2N9O3S. The summed E-state index contributed by atoms with van der Waals surface area (Å²) in [5.41, 5.74) is 5.69. The second kappa shape index (κ2) is 16.4. The van der Waals surface area contributed by atoms with Gasteiger partial charge in [-0.3, -0.25) is 14.1 Å². The summed E-state index contributed by atoms with van der Waals surface area (Å²) in [6.45, 7) is 7.56. The zero-order valence-electron chi connectivity index (χ0n) is 31.9. The molecule has 3 aromatic carbocycles. The average molecular weight is 792 g/mol. The van der Waals surface area contributed by atoms with Crippen molar-refractivity contribution in [2.24, 2.45) is 0 Å². The van der Waals surface area contributed by atoms with E-state index in [1.807, 2.05) is 39.2 Å². The number of hydrogen-bond acceptors (Lipinski definition) is 9. The lowest BCUT2D eigenvalue weighted by atomic mass is 10.0. The van der Waals surface area contributed by atoms with E-state index in [1.165, 1.54) is 6.07 Å². The van der Waals surface area contributed by atoms with Crippen LogP contribution in [-0.2, 0) is 11.0 Å². The van der Waals surface area contributed by atoms with E-state index in [4.69, 9.17) is 14.7 Å². The van der Waals surface area contributed by atoms with Crippen molar-refractivity contribution < 1.29 is 22.5 Å². The van der Waals surface area contributed by atoms with Crippen molar-refractivity contribution in [3.63, 3.8) is 0 Å². The second-order valence-corrected chi connectivity index (χ2v) is 15.6. The van der Waals surface area contributed by atoms with Gasteiger partial charge >= 0.3 is 0 Å². The van der Waals surface area contributed by atoms with Gasteiger partial charge in [0.2, 0.25) is 5.95 Å². The molecular weight excluding hydrogens is 749 g/mol. The zero-order valence-corrected chi connectivity index (χ0v) is 32.7. The molecule has 6 aromatic rings. The lowest BCUT2D eigenvalue weighted by Gasteiger charge is -2.43. The van der Waals surface area contributed by atoms with E-state index in [2.05, 4.69) is 44.5 Å². The van der Waals surface area contributed by atoms with Gasteiger partial charge in [0.15, 0.2) is 0 Å². The highest BCUT2D eigenvalue weighted by Gasteiger charge is 2.29. The first-order valence-electron chi connectivity index (χ1n) is 18.9. The number of amides is 1. The lowest BCUT2D eigenvalue weighted by molar-refractivity contribution is 0.102. The first-order valence-corrected chi connectivity index (χ1v) is 20.4. The summed E-state index contributed by atoms with van der Waals surface area (Å²) in [5.74, 6) is -1.39. The average Bonchev–Trinajstić information content (AvgIpc) is 3.62. The molecule has 2 aliphatic heterocycles. The molecule has 1 unspecified atom stereocenters. The molecule has 2 N–H and O–H groups in total. The van der Waals surface area contributed by atoms with E-state index in [9.17, 15) is 17.8 Å². The number of anilines is 4. The molecule has 294 valence electrons. The van der Waals surface area contributed by atoms with E-state index in [-0.39, 0.29) is 5.56 Å². The van der Waals surface area contributed by atoms with Crippen LogP contribution in [0.2, 0.25) is 0 Å². The maximum absolute atomic E-state index is 14.3. The van der Waals surface area contributed by atoms with Gasteiger partial charge in [0.05, 0.1) is 40.9 Å². The molecule has 0 spiro atoms. The number of halogens is 2. The Kier molecular flexibility index (Phi) is 10.9.